The van der Waals surface area contributed by atoms with Gasteiger partial charge in [0.15, 0.2) is 0 Å². The lowest BCUT2D eigenvalue weighted by molar-refractivity contribution is 0.122. The lowest BCUT2D eigenvalue weighted by atomic mass is 10.2. The molecule has 0 atom stereocenters. The Kier molecular flexibility index (Phi) is 8.17. The Bertz CT molecular complexity index is 192. The van der Waals surface area contributed by atoms with Crippen molar-refractivity contribution in [1.82, 2.24) is 5.32 Å². The normalized spacial score (nSPS) is 11.4. The third-order valence-electron chi connectivity index (χ3n) is 2.39. The number of rotatable bonds is 9. The first kappa shape index (κ1) is 15.4. The highest BCUT2D eigenvalue weighted by molar-refractivity contribution is 6.60. The zero-order chi connectivity index (χ0) is 12.4. The molecule has 0 spiro atoms. The Morgan fingerprint density at radius 2 is 1.69 bits per heavy atom. The topological polar surface area (TPSA) is 82.8 Å². The zero-order valence-corrected chi connectivity index (χ0v) is 11.2. The van der Waals surface area contributed by atoms with Gasteiger partial charge in [0.1, 0.15) is 0 Å². The third-order valence-corrected chi connectivity index (χ3v) is 5.22. The Morgan fingerprint density at radius 3 is 2.12 bits per heavy atom. The number of amides is 2. The second-order valence-electron chi connectivity index (χ2n) is 3.40. The van der Waals surface area contributed by atoms with E-state index >= 15 is 0 Å². The van der Waals surface area contributed by atoms with E-state index in [0.29, 0.717) is 6.54 Å². The average Bonchev–Trinajstić information content (AvgIpc) is 2.29. The molecule has 0 heterocycles. The second-order valence-corrected chi connectivity index (χ2v) is 6.49. The summed E-state index contributed by atoms with van der Waals surface area (Å²) in [5, 5.41) is 2.54. The number of primary amides is 1. The SMILES string of the molecule is CO[Si](CCCCCNC(N)=O)(OC)OC. The minimum absolute atomic E-state index is 0.477. The molecule has 0 rings (SSSR count). The molecule has 0 aromatic carbocycles. The molecule has 0 aliphatic rings. The summed E-state index contributed by atoms with van der Waals surface area (Å²) in [4.78, 5) is 10.4. The lowest BCUT2D eigenvalue weighted by Gasteiger charge is -2.24. The average molecular weight is 250 g/mol. The van der Waals surface area contributed by atoms with Crippen LogP contribution >= 0.6 is 0 Å². The van der Waals surface area contributed by atoms with Gasteiger partial charge in [-0.1, -0.05) is 6.42 Å². The van der Waals surface area contributed by atoms with E-state index in [1.54, 1.807) is 21.3 Å². The molecule has 2 amide bonds. The van der Waals surface area contributed by atoms with Gasteiger partial charge >= 0.3 is 14.8 Å². The Hall–Kier alpha value is -0.633. The van der Waals surface area contributed by atoms with E-state index in [1.165, 1.54) is 0 Å². The van der Waals surface area contributed by atoms with Gasteiger partial charge in [-0.15, -0.1) is 0 Å². The number of hydrogen-bond donors (Lipinski definition) is 2. The van der Waals surface area contributed by atoms with Gasteiger partial charge in [0, 0.05) is 33.9 Å². The van der Waals surface area contributed by atoms with Crippen LogP contribution in [0.5, 0.6) is 0 Å². The van der Waals surface area contributed by atoms with Gasteiger partial charge in [-0.2, -0.15) is 0 Å². The fourth-order valence-corrected chi connectivity index (χ4v) is 3.21. The van der Waals surface area contributed by atoms with Crippen LogP contribution in [-0.4, -0.2) is 42.7 Å². The van der Waals surface area contributed by atoms with Gasteiger partial charge in [-0.3, -0.25) is 0 Å². The van der Waals surface area contributed by atoms with Crippen LogP contribution in [0.3, 0.4) is 0 Å². The highest BCUT2D eigenvalue weighted by Crippen LogP contribution is 2.16. The molecule has 0 aromatic heterocycles. The predicted molar refractivity (Wildman–Crippen MR) is 63.0 cm³/mol. The number of carbonyl (C=O) groups is 1. The van der Waals surface area contributed by atoms with Crippen LogP contribution in [-0.2, 0) is 13.3 Å². The molecule has 0 aliphatic heterocycles. The van der Waals surface area contributed by atoms with Crippen LogP contribution < -0.4 is 11.1 Å². The molecular formula is C9H22N2O4Si. The van der Waals surface area contributed by atoms with E-state index in [1.807, 2.05) is 0 Å². The van der Waals surface area contributed by atoms with Crippen LogP contribution in [0.1, 0.15) is 19.3 Å². The van der Waals surface area contributed by atoms with Gasteiger partial charge < -0.3 is 24.3 Å². The number of nitrogens with one attached hydrogen (secondary N) is 1. The van der Waals surface area contributed by atoms with Crippen molar-refractivity contribution in [2.24, 2.45) is 5.73 Å². The quantitative estimate of drug-likeness (QED) is 0.466. The van der Waals surface area contributed by atoms with Crippen molar-refractivity contribution in [3.05, 3.63) is 0 Å². The molecular weight excluding hydrogens is 228 g/mol. The molecule has 3 N–H and O–H groups in total. The first-order valence-electron chi connectivity index (χ1n) is 5.29. The maximum absolute atomic E-state index is 10.4. The van der Waals surface area contributed by atoms with Crippen LogP contribution in [0.2, 0.25) is 6.04 Å². The summed E-state index contributed by atoms with van der Waals surface area (Å²) in [5.74, 6) is 0. The van der Waals surface area contributed by atoms with Gasteiger partial charge in [-0.05, 0) is 12.8 Å². The van der Waals surface area contributed by atoms with Crippen LogP contribution in [0.4, 0.5) is 4.79 Å². The Morgan fingerprint density at radius 1 is 1.12 bits per heavy atom. The van der Waals surface area contributed by atoms with Crippen molar-refractivity contribution in [3.63, 3.8) is 0 Å². The smallest absolute Gasteiger partial charge is 0.377 e. The Labute approximate surface area is 97.8 Å². The maximum atomic E-state index is 10.4. The summed E-state index contributed by atoms with van der Waals surface area (Å²) in [5.41, 5.74) is 4.94. The van der Waals surface area contributed by atoms with Gasteiger partial charge in [0.05, 0.1) is 0 Å². The molecule has 0 aliphatic carbocycles. The summed E-state index contributed by atoms with van der Waals surface area (Å²) in [6.45, 7) is 0.608. The molecule has 6 nitrogen and oxygen atoms in total. The molecule has 96 valence electrons. The molecule has 0 bridgehead atoms. The van der Waals surface area contributed by atoms with Gasteiger partial charge in [0.25, 0.3) is 0 Å². The van der Waals surface area contributed by atoms with E-state index in [2.05, 4.69) is 5.32 Å². The van der Waals surface area contributed by atoms with Crippen molar-refractivity contribution in [1.29, 1.82) is 0 Å². The molecule has 0 fully saturated rings. The van der Waals surface area contributed by atoms with Gasteiger partial charge in [-0.25, -0.2) is 4.79 Å². The third kappa shape index (κ3) is 6.06. The molecule has 0 saturated carbocycles. The molecule has 0 radical (unpaired) electrons. The number of urea groups is 1. The number of unbranched alkanes of at least 4 members (excludes halogenated alkanes) is 2. The largest absolute Gasteiger partial charge is 0.500 e. The molecule has 7 heteroatoms. The summed E-state index contributed by atoms with van der Waals surface area (Å²) < 4.78 is 15.9. The van der Waals surface area contributed by atoms with E-state index in [-0.39, 0.29) is 0 Å². The van der Waals surface area contributed by atoms with E-state index in [9.17, 15) is 4.79 Å². The number of hydrogen-bond acceptors (Lipinski definition) is 4. The van der Waals surface area contributed by atoms with E-state index < -0.39 is 14.8 Å². The molecule has 0 aromatic rings. The maximum Gasteiger partial charge on any atom is 0.500 e. The monoisotopic (exact) mass is 250 g/mol. The first-order valence-corrected chi connectivity index (χ1v) is 7.22. The minimum Gasteiger partial charge on any atom is -0.377 e. The summed E-state index contributed by atoms with van der Waals surface area (Å²) in [6, 6.07) is 0.307. The molecule has 0 unspecified atom stereocenters. The van der Waals surface area contributed by atoms with E-state index in [0.717, 1.165) is 25.3 Å². The zero-order valence-electron chi connectivity index (χ0n) is 10.2. The fraction of sp³-hybridized carbons (Fsp3) is 0.889. The highest BCUT2D eigenvalue weighted by Gasteiger charge is 2.36. The van der Waals surface area contributed by atoms with E-state index in [4.69, 9.17) is 19.0 Å². The van der Waals surface area contributed by atoms with Crippen molar-refractivity contribution in [3.8, 4) is 0 Å². The van der Waals surface area contributed by atoms with Crippen LogP contribution in [0.15, 0.2) is 0 Å². The summed E-state index contributed by atoms with van der Waals surface area (Å²) in [7, 11) is 2.40. The summed E-state index contributed by atoms with van der Waals surface area (Å²) >= 11 is 0. The minimum atomic E-state index is -2.41. The second kappa shape index (κ2) is 8.51. The lowest BCUT2D eigenvalue weighted by Crippen LogP contribution is -2.42. The first-order chi connectivity index (χ1) is 7.60. The van der Waals surface area contributed by atoms with Crippen molar-refractivity contribution >= 4 is 14.8 Å². The highest BCUT2D eigenvalue weighted by atomic mass is 28.4. The van der Waals surface area contributed by atoms with Crippen molar-refractivity contribution < 1.29 is 18.1 Å². The van der Waals surface area contributed by atoms with Crippen LogP contribution in [0, 0.1) is 0 Å². The molecule has 0 saturated heterocycles. The number of nitrogens with two attached hydrogens (primary N) is 1. The van der Waals surface area contributed by atoms with Gasteiger partial charge in [0.2, 0.25) is 0 Å². The van der Waals surface area contributed by atoms with Crippen LogP contribution in [0.25, 0.3) is 0 Å². The predicted octanol–water partition coefficient (Wildman–Crippen LogP) is 0.703. The molecule has 16 heavy (non-hydrogen) atoms. The number of carbonyl (C=O) groups excluding carboxylic acids is 1. The van der Waals surface area contributed by atoms with Crippen molar-refractivity contribution in [2.75, 3.05) is 27.9 Å². The fourth-order valence-electron chi connectivity index (χ4n) is 1.41. The summed E-state index contributed by atoms with van der Waals surface area (Å²) in [6.07, 6.45) is 2.82. The Balaban J connectivity index is 3.59. The van der Waals surface area contributed by atoms with Crippen molar-refractivity contribution in [2.45, 2.75) is 25.3 Å². The standard InChI is InChI=1S/C9H22N2O4Si/c1-13-16(14-2,15-3)8-6-4-5-7-11-9(10)12/h4-8H2,1-3H3,(H3,10,11,12).